The molecule has 0 spiro atoms. The Bertz CT molecular complexity index is 460. The van der Waals surface area contributed by atoms with Crippen molar-refractivity contribution in [1.29, 1.82) is 0 Å². The van der Waals surface area contributed by atoms with Crippen molar-refractivity contribution in [2.24, 2.45) is 11.1 Å². The summed E-state index contributed by atoms with van der Waals surface area (Å²) in [7, 11) is 3.25. The predicted octanol–water partition coefficient (Wildman–Crippen LogP) is 2.02. The standard InChI is InChI=1S/C13H21N3O3/c1-13(2,8-14)9-15(3)10-6-5-7-11(19-4)12(10)16(17)18/h5-7H,8-9,14H2,1-4H3. The zero-order valence-electron chi connectivity index (χ0n) is 11.8. The molecule has 0 aliphatic heterocycles. The van der Waals surface area contributed by atoms with Gasteiger partial charge in [0.25, 0.3) is 0 Å². The highest BCUT2D eigenvalue weighted by Gasteiger charge is 2.26. The number of nitro benzene ring substituents is 1. The minimum Gasteiger partial charge on any atom is -0.490 e. The van der Waals surface area contributed by atoms with Gasteiger partial charge in [-0.3, -0.25) is 10.1 Å². The maximum absolute atomic E-state index is 11.2. The summed E-state index contributed by atoms with van der Waals surface area (Å²) in [5, 5.41) is 11.2. The number of nitrogens with two attached hydrogens (primary N) is 1. The van der Waals surface area contributed by atoms with E-state index in [1.54, 1.807) is 18.2 Å². The summed E-state index contributed by atoms with van der Waals surface area (Å²) in [5.41, 5.74) is 6.10. The third kappa shape index (κ3) is 3.57. The summed E-state index contributed by atoms with van der Waals surface area (Å²) < 4.78 is 5.06. The average molecular weight is 267 g/mol. The largest absolute Gasteiger partial charge is 0.490 e. The van der Waals surface area contributed by atoms with Gasteiger partial charge in [-0.1, -0.05) is 19.9 Å². The van der Waals surface area contributed by atoms with E-state index < -0.39 is 4.92 Å². The molecule has 0 unspecified atom stereocenters. The predicted molar refractivity (Wildman–Crippen MR) is 75.8 cm³/mol. The van der Waals surface area contributed by atoms with Crippen LogP contribution >= 0.6 is 0 Å². The number of anilines is 1. The van der Waals surface area contributed by atoms with E-state index in [4.69, 9.17) is 10.5 Å². The maximum Gasteiger partial charge on any atom is 0.333 e. The van der Waals surface area contributed by atoms with Gasteiger partial charge in [-0.05, 0) is 24.1 Å². The van der Waals surface area contributed by atoms with E-state index in [0.29, 0.717) is 18.8 Å². The molecule has 0 bridgehead atoms. The fraction of sp³-hybridized carbons (Fsp3) is 0.538. The van der Waals surface area contributed by atoms with Crippen LogP contribution in [-0.4, -0.2) is 32.2 Å². The van der Waals surface area contributed by atoms with Crippen molar-refractivity contribution in [3.05, 3.63) is 28.3 Å². The summed E-state index contributed by atoms with van der Waals surface area (Å²) in [6, 6.07) is 5.05. The Balaban J connectivity index is 3.16. The number of hydrogen-bond acceptors (Lipinski definition) is 5. The second-order valence-electron chi connectivity index (χ2n) is 5.31. The highest BCUT2D eigenvalue weighted by Crippen LogP contribution is 2.37. The van der Waals surface area contributed by atoms with Crippen LogP contribution in [0.4, 0.5) is 11.4 Å². The lowest BCUT2D eigenvalue weighted by Gasteiger charge is -2.30. The first-order valence-electron chi connectivity index (χ1n) is 6.05. The zero-order chi connectivity index (χ0) is 14.6. The minimum atomic E-state index is -0.417. The molecule has 0 radical (unpaired) electrons. The molecule has 19 heavy (non-hydrogen) atoms. The Labute approximate surface area is 113 Å². The molecule has 0 aliphatic carbocycles. The Morgan fingerprint density at radius 1 is 1.47 bits per heavy atom. The van der Waals surface area contributed by atoms with Gasteiger partial charge in [-0.25, -0.2) is 0 Å². The molecule has 0 amide bonds. The van der Waals surface area contributed by atoms with Crippen LogP contribution < -0.4 is 15.4 Å². The zero-order valence-corrected chi connectivity index (χ0v) is 11.8. The van der Waals surface area contributed by atoms with Gasteiger partial charge in [0.05, 0.1) is 12.0 Å². The first kappa shape index (κ1) is 15.2. The number of para-hydroxylation sites is 1. The molecule has 1 aromatic rings. The first-order valence-corrected chi connectivity index (χ1v) is 6.05. The van der Waals surface area contributed by atoms with E-state index >= 15 is 0 Å². The van der Waals surface area contributed by atoms with E-state index in [1.807, 2.05) is 25.8 Å². The molecule has 6 nitrogen and oxygen atoms in total. The fourth-order valence-corrected chi connectivity index (χ4v) is 1.96. The van der Waals surface area contributed by atoms with Gasteiger partial charge in [0.15, 0.2) is 5.75 Å². The molecule has 0 aromatic heterocycles. The van der Waals surface area contributed by atoms with Gasteiger partial charge in [0, 0.05) is 13.6 Å². The van der Waals surface area contributed by atoms with Crippen LogP contribution in [0.25, 0.3) is 0 Å². The molecule has 106 valence electrons. The molecule has 0 fully saturated rings. The number of rotatable bonds is 6. The maximum atomic E-state index is 11.2. The van der Waals surface area contributed by atoms with Crippen LogP contribution in [0.1, 0.15) is 13.8 Å². The number of methoxy groups -OCH3 is 1. The molecule has 0 saturated carbocycles. The molecule has 1 rings (SSSR count). The van der Waals surface area contributed by atoms with E-state index in [1.165, 1.54) is 7.11 Å². The summed E-state index contributed by atoms with van der Waals surface area (Å²) >= 11 is 0. The van der Waals surface area contributed by atoms with Crippen molar-refractivity contribution in [3.63, 3.8) is 0 Å². The Morgan fingerprint density at radius 2 is 2.11 bits per heavy atom. The quantitative estimate of drug-likeness (QED) is 0.630. The van der Waals surface area contributed by atoms with E-state index in [0.717, 1.165) is 0 Å². The molecule has 6 heteroatoms. The first-order chi connectivity index (χ1) is 8.82. The number of hydrogen-bond donors (Lipinski definition) is 1. The number of benzene rings is 1. The topological polar surface area (TPSA) is 81.6 Å². The molecule has 0 aliphatic rings. The molecular formula is C13H21N3O3. The van der Waals surface area contributed by atoms with Gasteiger partial charge in [-0.2, -0.15) is 0 Å². The van der Waals surface area contributed by atoms with Crippen molar-refractivity contribution in [2.45, 2.75) is 13.8 Å². The van der Waals surface area contributed by atoms with E-state index in [2.05, 4.69) is 0 Å². The molecule has 0 atom stereocenters. The van der Waals surface area contributed by atoms with Gasteiger partial charge in [-0.15, -0.1) is 0 Å². The van der Waals surface area contributed by atoms with Crippen molar-refractivity contribution in [1.82, 2.24) is 0 Å². The third-order valence-corrected chi connectivity index (χ3v) is 3.01. The Morgan fingerprint density at radius 3 is 2.58 bits per heavy atom. The van der Waals surface area contributed by atoms with Crippen molar-refractivity contribution in [3.8, 4) is 5.75 Å². The lowest BCUT2D eigenvalue weighted by molar-refractivity contribution is -0.385. The number of ether oxygens (including phenoxy) is 1. The molecule has 1 aromatic carbocycles. The van der Waals surface area contributed by atoms with Crippen LogP contribution in [0.3, 0.4) is 0 Å². The third-order valence-electron chi connectivity index (χ3n) is 3.01. The van der Waals surface area contributed by atoms with Crippen LogP contribution in [0, 0.1) is 15.5 Å². The Hall–Kier alpha value is -1.82. The van der Waals surface area contributed by atoms with E-state index in [-0.39, 0.29) is 16.9 Å². The summed E-state index contributed by atoms with van der Waals surface area (Å²) in [6.45, 7) is 5.18. The van der Waals surface area contributed by atoms with Crippen LogP contribution in [0.15, 0.2) is 18.2 Å². The monoisotopic (exact) mass is 267 g/mol. The van der Waals surface area contributed by atoms with Crippen molar-refractivity contribution < 1.29 is 9.66 Å². The Kier molecular flexibility index (Phi) is 4.72. The van der Waals surface area contributed by atoms with Crippen LogP contribution in [0.5, 0.6) is 5.75 Å². The highest BCUT2D eigenvalue weighted by atomic mass is 16.6. The highest BCUT2D eigenvalue weighted by molar-refractivity contribution is 5.69. The van der Waals surface area contributed by atoms with Gasteiger partial charge < -0.3 is 15.4 Å². The summed E-state index contributed by atoms with van der Waals surface area (Å²) in [4.78, 5) is 12.6. The van der Waals surface area contributed by atoms with E-state index in [9.17, 15) is 10.1 Å². The summed E-state index contributed by atoms with van der Waals surface area (Å²) in [6.07, 6.45) is 0. The molecule has 2 N–H and O–H groups in total. The smallest absolute Gasteiger partial charge is 0.333 e. The lowest BCUT2D eigenvalue weighted by atomic mass is 9.93. The molecular weight excluding hydrogens is 246 g/mol. The average Bonchev–Trinajstić information content (AvgIpc) is 2.37. The van der Waals surface area contributed by atoms with Crippen LogP contribution in [0.2, 0.25) is 0 Å². The molecule has 0 saturated heterocycles. The lowest BCUT2D eigenvalue weighted by Crippen LogP contribution is -2.37. The number of nitro groups is 1. The van der Waals surface area contributed by atoms with Crippen molar-refractivity contribution in [2.75, 3.05) is 32.1 Å². The van der Waals surface area contributed by atoms with Gasteiger partial charge >= 0.3 is 5.69 Å². The molecule has 0 heterocycles. The SMILES string of the molecule is COc1cccc(N(C)CC(C)(C)CN)c1[N+](=O)[O-]. The minimum absolute atomic E-state index is 0.0136. The second-order valence-corrected chi connectivity index (χ2v) is 5.31. The fourth-order valence-electron chi connectivity index (χ4n) is 1.96. The van der Waals surface area contributed by atoms with Crippen molar-refractivity contribution >= 4 is 11.4 Å². The van der Waals surface area contributed by atoms with Gasteiger partial charge in [0.2, 0.25) is 0 Å². The summed E-state index contributed by atoms with van der Waals surface area (Å²) in [5.74, 6) is 0.264. The van der Waals surface area contributed by atoms with Gasteiger partial charge in [0.1, 0.15) is 5.69 Å². The van der Waals surface area contributed by atoms with Crippen LogP contribution in [-0.2, 0) is 0 Å². The number of nitrogens with zero attached hydrogens (tertiary/aromatic N) is 2. The normalized spacial score (nSPS) is 11.2. The second kappa shape index (κ2) is 5.88.